The summed E-state index contributed by atoms with van der Waals surface area (Å²) >= 11 is 0. The van der Waals surface area contributed by atoms with Gasteiger partial charge in [0, 0.05) is 11.1 Å². The van der Waals surface area contributed by atoms with E-state index in [1.54, 1.807) is 0 Å². The van der Waals surface area contributed by atoms with E-state index in [0.717, 1.165) is 46.2 Å². The summed E-state index contributed by atoms with van der Waals surface area (Å²) in [6.45, 7) is 15.2. The Balaban J connectivity index is 2.50. The Morgan fingerprint density at radius 1 is 0.654 bits per heavy atom. The number of benzene rings is 2. The van der Waals surface area contributed by atoms with Crippen molar-refractivity contribution in [2.75, 3.05) is 0 Å². The number of hydrogen-bond acceptors (Lipinski definition) is 1. The van der Waals surface area contributed by atoms with Crippen molar-refractivity contribution in [1.82, 2.24) is 0 Å². The van der Waals surface area contributed by atoms with Gasteiger partial charge >= 0.3 is 0 Å². The highest BCUT2D eigenvalue weighted by atomic mass is 16.1. The lowest BCUT2D eigenvalue weighted by Gasteiger charge is -2.13. The van der Waals surface area contributed by atoms with Crippen LogP contribution < -0.4 is 0 Å². The lowest BCUT2D eigenvalue weighted by atomic mass is 9.90. The molecule has 0 aliphatic carbocycles. The normalized spacial score (nSPS) is 10.2. The van der Waals surface area contributed by atoms with Crippen LogP contribution in [0.25, 0.3) is 0 Å². The molecule has 0 spiro atoms. The molecule has 0 saturated carbocycles. The highest BCUT2D eigenvalue weighted by Crippen LogP contribution is 2.22. The van der Waals surface area contributed by atoms with Crippen LogP contribution in [-0.2, 0) is 25.7 Å². The molecule has 0 N–H and O–H groups in total. The van der Waals surface area contributed by atoms with E-state index in [9.17, 15) is 4.79 Å². The van der Waals surface area contributed by atoms with E-state index >= 15 is 0 Å². The molecule has 0 bridgehead atoms. The van der Waals surface area contributed by atoms with E-state index < -0.39 is 0 Å². The maximum Gasteiger partial charge on any atom is 0.193 e. The average Bonchev–Trinajstić information content (AvgIpc) is 2.63. The molecule has 0 aromatic heterocycles. The molecule has 26 heavy (non-hydrogen) atoms. The Labute approximate surface area is 157 Å². The fourth-order valence-electron chi connectivity index (χ4n) is 3.12. The molecule has 0 radical (unpaired) electrons. The minimum Gasteiger partial charge on any atom is -0.289 e. The second kappa shape index (κ2) is 9.53. The van der Waals surface area contributed by atoms with Gasteiger partial charge < -0.3 is 0 Å². The van der Waals surface area contributed by atoms with Crippen molar-refractivity contribution in [3.05, 3.63) is 120 Å². The molecule has 0 fully saturated rings. The Bertz CT molecular complexity index is 770. The van der Waals surface area contributed by atoms with Gasteiger partial charge in [-0.1, -0.05) is 60.7 Å². The predicted octanol–water partition coefficient (Wildman–Crippen LogP) is 5.83. The van der Waals surface area contributed by atoms with Crippen molar-refractivity contribution in [3.8, 4) is 0 Å². The Hall–Kier alpha value is -2.93. The number of ketones is 1. The zero-order valence-corrected chi connectivity index (χ0v) is 15.3. The van der Waals surface area contributed by atoms with Crippen LogP contribution in [0.3, 0.4) is 0 Å². The van der Waals surface area contributed by atoms with Gasteiger partial charge in [0.05, 0.1) is 0 Å². The highest BCUT2D eigenvalue weighted by Gasteiger charge is 2.17. The standard InChI is InChI=1S/C25H26O/c1-5-9-19-13-15-23(21(17-19)11-7-3)25(26)24-16-14-20(10-6-2)18-22(24)12-8-4/h5-8,13-18H,1-4,9-12H2. The third-order valence-electron chi connectivity index (χ3n) is 4.32. The van der Waals surface area contributed by atoms with Crippen LogP contribution in [-0.4, -0.2) is 5.78 Å². The maximum atomic E-state index is 13.3. The second-order valence-electron chi connectivity index (χ2n) is 6.28. The first-order chi connectivity index (χ1) is 12.6. The van der Waals surface area contributed by atoms with Crippen molar-refractivity contribution in [1.29, 1.82) is 0 Å². The molecule has 1 heteroatoms. The van der Waals surface area contributed by atoms with Crippen molar-refractivity contribution >= 4 is 5.78 Å². The Morgan fingerprint density at radius 2 is 1.04 bits per heavy atom. The smallest absolute Gasteiger partial charge is 0.193 e. The van der Waals surface area contributed by atoms with Gasteiger partial charge in [0.15, 0.2) is 5.78 Å². The fourth-order valence-corrected chi connectivity index (χ4v) is 3.12. The summed E-state index contributed by atoms with van der Waals surface area (Å²) in [5.41, 5.74) is 5.79. The summed E-state index contributed by atoms with van der Waals surface area (Å²) in [7, 11) is 0. The fraction of sp³-hybridized carbons (Fsp3) is 0.160. The number of carbonyl (C=O) groups is 1. The molecule has 0 unspecified atom stereocenters. The maximum absolute atomic E-state index is 13.3. The van der Waals surface area contributed by atoms with Gasteiger partial charge in [0.2, 0.25) is 0 Å². The van der Waals surface area contributed by atoms with Gasteiger partial charge in [-0.2, -0.15) is 0 Å². The van der Waals surface area contributed by atoms with E-state index in [0.29, 0.717) is 12.8 Å². The van der Waals surface area contributed by atoms with Crippen molar-refractivity contribution in [3.63, 3.8) is 0 Å². The first-order valence-corrected chi connectivity index (χ1v) is 8.86. The monoisotopic (exact) mass is 342 g/mol. The van der Waals surface area contributed by atoms with Crippen molar-refractivity contribution in [2.24, 2.45) is 0 Å². The second-order valence-corrected chi connectivity index (χ2v) is 6.28. The van der Waals surface area contributed by atoms with E-state index in [4.69, 9.17) is 0 Å². The predicted molar refractivity (Wildman–Crippen MR) is 112 cm³/mol. The quantitative estimate of drug-likeness (QED) is 0.392. The first kappa shape index (κ1) is 19.4. The van der Waals surface area contributed by atoms with Crippen LogP contribution in [0.5, 0.6) is 0 Å². The Morgan fingerprint density at radius 3 is 1.38 bits per heavy atom. The van der Waals surface area contributed by atoms with Gasteiger partial charge in [0.25, 0.3) is 0 Å². The van der Waals surface area contributed by atoms with Crippen LogP contribution in [0.4, 0.5) is 0 Å². The number of rotatable bonds is 10. The van der Waals surface area contributed by atoms with Crippen LogP contribution in [0.15, 0.2) is 87.0 Å². The molecule has 132 valence electrons. The molecule has 0 aliphatic heterocycles. The summed E-state index contributed by atoms with van der Waals surface area (Å²) in [6.07, 6.45) is 10.3. The number of carbonyl (C=O) groups excluding carboxylic acids is 1. The molecule has 2 aromatic rings. The average molecular weight is 342 g/mol. The van der Waals surface area contributed by atoms with Crippen LogP contribution in [0.2, 0.25) is 0 Å². The SMILES string of the molecule is C=CCc1ccc(C(=O)c2ccc(CC=C)cc2CC=C)c(CC=C)c1. The molecule has 1 nitrogen and oxygen atoms in total. The van der Waals surface area contributed by atoms with Crippen LogP contribution in [0.1, 0.15) is 38.2 Å². The topological polar surface area (TPSA) is 17.1 Å². The van der Waals surface area contributed by atoms with Crippen LogP contribution in [0, 0.1) is 0 Å². The third-order valence-corrected chi connectivity index (χ3v) is 4.32. The van der Waals surface area contributed by atoms with Gasteiger partial charge in [-0.05, 0) is 47.9 Å². The van der Waals surface area contributed by atoms with Crippen molar-refractivity contribution < 1.29 is 4.79 Å². The molecule has 2 rings (SSSR count). The minimum absolute atomic E-state index is 0.0500. The summed E-state index contributed by atoms with van der Waals surface area (Å²) in [5.74, 6) is 0.0500. The molecule has 0 heterocycles. The first-order valence-electron chi connectivity index (χ1n) is 8.86. The number of allylic oxidation sites excluding steroid dienone is 4. The van der Waals surface area contributed by atoms with Crippen molar-refractivity contribution in [2.45, 2.75) is 25.7 Å². The minimum atomic E-state index is 0.0500. The zero-order chi connectivity index (χ0) is 18.9. The van der Waals surface area contributed by atoms with Crippen LogP contribution >= 0.6 is 0 Å². The molecule has 0 atom stereocenters. The van der Waals surface area contributed by atoms with E-state index in [1.165, 1.54) is 0 Å². The van der Waals surface area contributed by atoms with Gasteiger partial charge in [0.1, 0.15) is 0 Å². The molecular formula is C25H26O. The number of hydrogen-bond donors (Lipinski definition) is 0. The van der Waals surface area contributed by atoms with Gasteiger partial charge in [-0.3, -0.25) is 4.79 Å². The lowest BCUT2D eigenvalue weighted by Crippen LogP contribution is -2.09. The summed E-state index contributed by atoms with van der Waals surface area (Å²) in [6, 6.07) is 12.0. The zero-order valence-electron chi connectivity index (χ0n) is 15.3. The van der Waals surface area contributed by atoms with E-state index in [2.05, 4.69) is 38.4 Å². The summed E-state index contributed by atoms with van der Waals surface area (Å²) in [5, 5.41) is 0. The largest absolute Gasteiger partial charge is 0.289 e. The van der Waals surface area contributed by atoms with E-state index in [-0.39, 0.29) is 5.78 Å². The third kappa shape index (κ3) is 4.58. The van der Waals surface area contributed by atoms with Gasteiger partial charge in [-0.15, -0.1) is 26.3 Å². The molecule has 2 aromatic carbocycles. The summed E-state index contributed by atoms with van der Waals surface area (Å²) in [4.78, 5) is 13.3. The lowest BCUT2D eigenvalue weighted by molar-refractivity contribution is 0.103. The Kier molecular flexibility index (Phi) is 7.11. The van der Waals surface area contributed by atoms with Gasteiger partial charge in [-0.25, -0.2) is 0 Å². The molecule has 0 aliphatic rings. The summed E-state index contributed by atoms with van der Waals surface area (Å²) < 4.78 is 0. The molecular weight excluding hydrogens is 316 g/mol. The van der Waals surface area contributed by atoms with E-state index in [1.807, 2.05) is 48.6 Å². The highest BCUT2D eigenvalue weighted by molar-refractivity contribution is 6.11. The molecule has 0 amide bonds. The molecule has 0 saturated heterocycles.